The van der Waals surface area contributed by atoms with Gasteiger partial charge in [-0.1, -0.05) is 13.3 Å². The summed E-state index contributed by atoms with van der Waals surface area (Å²) in [5.41, 5.74) is 0.137. The van der Waals surface area contributed by atoms with Gasteiger partial charge < -0.3 is 19.0 Å². The molecule has 0 saturated carbocycles. The molecule has 4 heterocycles. The molecule has 0 spiro atoms. The quantitative estimate of drug-likeness (QED) is 0.337. The van der Waals surface area contributed by atoms with E-state index in [1.807, 2.05) is 13.8 Å². The third-order valence-electron chi connectivity index (χ3n) is 5.43. The number of nitrogens with zero attached hydrogens (tertiary/aromatic N) is 3. The Kier molecular flexibility index (Phi) is 7.01. The Morgan fingerprint density at radius 2 is 2.06 bits per heavy atom. The van der Waals surface area contributed by atoms with Crippen LogP contribution < -0.4 is 16.6 Å². The Hall–Kier alpha value is -3.93. The van der Waals surface area contributed by atoms with E-state index in [9.17, 15) is 19.2 Å². The molecule has 184 valence electrons. The molecule has 12 heteroatoms. The van der Waals surface area contributed by atoms with E-state index in [4.69, 9.17) is 9.15 Å². The highest BCUT2D eigenvalue weighted by atomic mass is 32.1. The van der Waals surface area contributed by atoms with Crippen LogP contribution in [0.4, 0.5) is 5.00 Å². The minimum atomic E-state index is -0.585. The second kappa shape index (κ2) is 10.1. The van der Waals surface area contributed by atoms with Crippen molar-refractivity contribution in [2.45, 2.75) is 53.3 Å². The number of fused-ring (bicyclic) bond motifs is 1. The maximum atomic E-state index is 12.8. The first kappa shape index (κ1) is 24.2. The number of ether oxygens (including phenoxy) is 1. The fourth-order valence-corrected chi connectivity index (χ4v) is 4.68. The summed E-state index contributed by atoms with van der Waals surface area (Å²) >= 11 is 1.08. The Bertz CT molecular complexity index is 1490. The molecule has 0 aliphatic rings. The van der Waals surface area contributed by atoms with E-state index in [2.05, 4.69) is 15.3 Å². The van der Waals surface area contributed by atoms with Gasteiger partial charge in [0.15, 0.2) is 16.9 Å². The maximum absolute atomic E-state index is 12.8. The van der Waals surface area contributed by atoms with Gasteiger partial charge in [-0.15, -0.1) is 11.3 Å². The van der Waals surface area contributed by atoms with Crippen LogP contribution in [0, 0.1) is 6.92 Å². The summed E-state index contributed by atoms with van der Waals surface area (Å²) in [4.78, 5) is 57.0. The number of hydrogen-bond donors (Lipinski definition) is 2. The number of aromatic nitrogens is 4. The predicted molar refractivity (Wildman–Crippen MR) is 130 cm³/mol. The van der Waals surface area contributed by atoms with Gasteiger partial charge >= 0.3 is 11.7 Å². The molecule has 0 fully saturated rings. The van der Waals surface area contributed by atoms with Crippen molar-refractivity contribution in [1.82, 2.24) is 19.1 Å². The number of rotatable bonds is 9. The second-order valence-electron chi connectivity index (χ2n) is 7.84. The molecule has 0 atom stereocenters. The minimum absolute atomic E-state index is 0.158. The average Bonchev–Trinajstić information content (AvgIpc) is 3.56. The minimum Gasteiger partial charge on any atom is -0.459 e. The van der Waals surface area contributed by atoms with Gasteiger partial charge in [-0.2, -0.15) is 0 Å². The zero-order chi connectivity index (χ0) is 25.1. The summed E-state index contributed by atoms with van der Waals surface area (Å²) in [7, 11) is 0. The first-order chi connectivity index (χ1) is 16.8. The Morgan fingerprint density at radius 3 is 2.74 bits per heavy atom. The van der Waals surface area contributed by atoms with E-state index in [1.165, 1.54) is 16.9 Å². The molecule has 0 unspecified atom stereocenters. The summed E-state index contributed by atoms with van der Waals surface area (Å²) in [6.45, 7) is 6.22. The van der Waals surface area contributed by atoms with Crippen LogP contribution in [-0.2, 0) is 24.4 Å². The summed E-state index contributed by atoms with van der Waals surface area (Å²) < 4.78 is 13.7. The lowest BCUT2D eigenvalue weighted by Crippen LogP contribution is -2.31. The number of unbranched alkanes of at least 4 members (excludes halogenated alkanes) is 1. The number of aryl methyl sites for hydroxylation is 3. The van der Waals surface area contributed by atoms with Crippen molar-refractivity contribution < 1.29 is 18.7 Å². The van der Waals surface area contributed by atoms with Crippen LogP contribution in [-0.4, -0.2) is 31.0 Å². The van der Waals surface area contributed by atoms with Gasteiger partial charge in [0.2, 0.25) is 0 Å². The third-order valence-corrected chi connectivity index (χ3v) is 6.57. The number of furan rings is 1. The van der Waals surface area contributed by atoms with Crippen LogP contribution in [0.1, 0.15) is 58.3 Å². The average molecular weight is 500 g/mol. The van der Waals surface area contributed by atoms with E-state index in [0.717, 1.165) is 24.2 Å². The number of anilines is 1. The number of aromatic amines is 1. The molecule has 35 heavy (non-hydrogen) atoms. The molecule has 2 N–H and O–H groups in total. The predicted octanol–water partition coefficient (Wildman–Crippen LogP) is 3.28. The van der Waals surface area contributed by atoms with Crippen LogP contribution >= 0.6 is 11.3 Å². The zero-order valence-electron chi connectivity index (χ0n) is 19.5. The van der Waals surface area contributed by atoms with Crippen molar-refractivity contribution in [3.05, 3.63) is 67.3 Å². The number of imidazole rings is 1. The number of H-pyrrole nitrogens is 1. The summed E-state index contributed by atoms with van der Waals surface area (Å²) in [6, 6.07) is 4.82. The summed E-state index contributed by atoms with van der Waals surface area (Å²) in [5.74, 6) is -0.492. The van der Waals surface area contributed by atoms with Gasteiger partial charge in [-0.05, 0) is 44.0 Å². The van der Waals surface area contributed by atoms with Crippen molar-refractivity contribution in [3.63, 3.8) is 0 Å². The molecule has 0 radical (unpaired) electrons. The fourth-order valence-electron chi connectivity index (χ4n) is 3.72. The lowest BCUT2D eigenvalue weighted by atomic mass is 10.3. The molecular formula is C23H25N5O6S. The second-order valence-corrected chi connectivity index (χ2v) is 8.89. The number of nitrogens with one attached hydrogen (secondary N) is 2. The van der Waals surface area contributed by atoms with Gasteiger partial charge in [-0.3, -0.25) is 19.1 Å². The number of carbonyl (C=O) groups excluding carboxylic acids is 2. The molecule has 1 amide bonds. The highest BCUT2D eigenvalue weighted by Gasteiger charge is 2.21. The molecular weight excluding hydrogens is 474 g/mol. The first-order valence-electron chi connectivity index (χ1n) is 11.2. The summed E-state index contributed by atoms with van der Waals surface area (Å²) in [5, 5.41) is 3.17. The van der Waals surface area contributed by atoms with Gasteiger partial charge in [0, 0.05) is 13.1 Å². The monoisotopic (exact) mass is 499 g/mol. The fraction of sp³-hybridized carbons (Fsp3) is 0.348. The lowest BCUT2D eigenvalue weighted by molar-refractivity contribution is 0.0463. The van der Waals surface area contributed by atoms with Crippen molar-refractivity contribution >= 4 is 39.4 Å². The van der Waals surface area contributed by atoms with Crippen LogP contribution in [0.25, 0.3) is 11.2 Å². The molecule has 4 aromatic rings. The standard InChI is InChI=1S/C23H25N5O6S/c1-4-6-9-28-19-17(21(30)26-23(28)32)27(5-2)15(24-19)12-34-22(31)18-13(3)11-16(35-18)25-20(29)14-8-7-10-33-14/h7-8,10-11H,4-6,9,12H2,1-3H3,(H,25,29)(H,26,30,32). The Labute approximate surface area is 203 Å². The SMILES string of the molecule is CCCCn1c(=O)[nH]c(=O)c2c1nc(COC(=O)c1sc(NC(=O)c3ccco3)cc1C)n2CC. The lowest BCUT2D eigenvalue weighted by Gasteiger charge is -2.07. The Balaban J connectivity index is 1.55. The normalized spacial score (nSPS) is 11.2. The zero-order valence-corrected chi connectivity index (χ0v) is 20.4. The molecule has 0 saturated heterocycles. The van der Waals surface area contributed by atoms with Crippen molar-refractivity contribution in [2.24, 2.45) is 0 Å². The van der Waals surface area contributed by atoms with Crippen LogP contribution in [0.15, 0.2) is 38.5 Å². The van der Waals surface area contributed by atoms with Gasteiger partial charge in [0.05, 0.1) is 11.3 Å². The van der Waals surface area contributed by atoms with Gasteiger partial charge in [-0.25, -0.2) is 14.6 Å². The van der Waals surface area contributed by atoms with E-state index in [0.29, 0.717) is 34.4 Å². The van der Waals surface area contributed by atoms with Crippen LogP contribution in [0.5, 0.6) is 0 Å². The highest BCUT2D eigenvalue weighted by Crippen LogP contribution is 2.28. The largest absolute Gasteiger partial charge is 0.459 e. The number of esters is 1. The van der Waals surface area contributed by atoms with Crippen molar-refractivity contribution in [3.8, 4) is 0 Å². The maximum Gasteiger partial charge on any atom is 0.349 e. The third kappa shape index (κ3) is 4.83. The molecule has 0 bridgehead atoms. The molecule has 4 rings (SSSR count). The topological polar surface area (TPSA) is 141 Å². The molecule has 0 aromatic carbocycles. The van der Waals surface area contributed by atoms with Crippen LogP contribution in [0.2, 0.25) is 0 Å². The summed E-state index contributed by atoms with van der Waals surface area (Å²) in [6.07, 6.45) is 3.02. The van der Waals surface area contributed by atoms with Crippen molar-refractivity contribution in [2.75, 3.05) is 5.32 Å². The smallest absolute Gasteiger partial charge is 0.349 e. The number of hydrogen-bond acceptors (Lipinski definition) is 8. The van der Waals surface area contributed by atoms with E-state index in [1.54, 1.807) is 23.6 Å². The van der Waals surface area contributed by atoms with Gasteiger partial charge in [0.1, 0.15) is 17.3 Å². The van der Waals surface area contributed by atoms with E-state index >= 15 is 0 Å². The molecule has 0 aliphatic carbocycles. The number of carbonyl (C=O) groups is 2. The van der Waals surface area contributed by atoms with Crippen molar-refractivity contribution in [1.29, 1.82) is 0 Å². The first-order valence-corrected chi connectivity index (χ1v) is 12.0. The molecule has 4 aromatic heterocycles. The number of thiophene rings is 1. The van der Waals surface area contributed by atoms with E-state index in [-0.39, 0.29) is 23.5 Å². The molecule has 0 aliphatic heterocycles. The van der Waals surface area contributed by atoms with Gasteiger partial charge in [0.25, 0.3) is 11.5 Å². The molecule has 11 nitrogen and oxygen atoms in total. The number of amides is 1. The van der Waals surface area contributed by atoms with E-state index < -0.39 is 23.1 Å². The van der Waals surface area contributed by atoms with Crippen LogP contribution in [0.3, 0.4) is 0 Å². The Morgan fingerprint density at radius 1 is 1.26 bits per heavy atom. The highest BCUT2D eigenvalue weighted by molar-refractivity contribution is 7.18.